The van der Waals surface area contributed by atoms with Gasteiger partial charge in [0, 0.05) is 32.1 Å². The highest BCUT2D eigenvalue weighted by molar-refractivity contribution is 9.10. The Balaban J connectivity index is 1.46. The molecule has 4 aromatic rings. The molecule has 1 fully saturated rings. The third-order valence-corrected chi connectivity index (χ3v) is 5.99. The number of aryl methyl sites for hydroxylation is 1. The predicted octanol–water partition coefficient (Wildman–Crippen LogP) is 3.46. The normalized spacial score (nSPS) is 17.4. The highest BCUT2D eigenvalue weighted by atomic mass is 79.9. The van der Waals surface area contributed by atoms with E-state index in [1.807, 2.05) is 22.5 Å². The van der Waals surface area contributed by atoms with Crippen LogP contribution in [-0.2, 0) is 13.6 Å². The molecule has 144 valence electrons. The van der Waals surface area contributed by atoms with Crippen molar-refractivity contribution in [2.75, 3.05) is 18.4 Å². The van der Waals surface area contributed by atoms with Crippen LogP contribution in [0.2, 0.25) is 0 Å². The van der Waals surface area contributed by atoms with Gasteiger partial charge in [-0.25, -0.2) is 9.97 Å². The maximum absolute atomic E-state index is 4.88. The van der Waals surface area contributed by atoms with Crippen LogP contribution in [0, 0.1) is 0 Å². The van der Waals surface area contributed by atoms with E-state index in [0.29, 0.717) is 12.5 Å². The zero-order valence-corrected chi connectivity index (χ0v) is 17.3. The van der Waals surface area contributed by atoms with Gasteiger partial charge in [0.25, 0.3) is 0 Å². The van der Waals surface area contributed by atoms with E-state index in [4.69, 9.17) is 4.98 Å². The van der Waals surface area contributed by atoms with Crippen LogP contribution in [-0.4, -0.2) is 37.2 Å². The Hall–Kier alpha value is -2.45. The Morgan fingerprint density at radius 1 is 1.32 bits per heavy atom. The molecular formula is C20H22BrN7. The summed E-state index contributed by atoms with van der Waals surface area (Å²) in [6.07, 6.45) is 6.00. The fraction of sp³-hybridized carbons (Fsp3) is 0.350. The maximum atomic E-state index is 4.88. The average molecular weight is 440 g/mol. The van der Waals surface area contributed by atoms with Gasteiger partial charge < -0.3 is 15.2 Å². The van der Waals surface area contributed by atoms with Crippen molar-refractivity contribution in [1.82, 2.24) is 29.5 Å². The zero-order chi connectivity index (χ0) is 19.1. The number of halogens is 1. The summed E-state index contributed by atoms with van der Waals surface area (Å²) in [5, 5.41) is 11.5. The minimum atomic E-state index is 0.436. The first kappa shape index (κ1) is 17.6. The van der Waals surface area contributed by atoms with Gasteiger partial charge >= 0.3 is 0 Å². The number of hydrogen-bond donors (Lipinski definition) is 2. The lowest BCUT2D eigenvalue weighted by Crippen LogP contribution is -2.29. The highest BCUT2D eigenvalue weighted by Crippen LogP contribution is 2.27. The Bertz CT molecular complexity index is 1140. The van der Waals surface area contributed by atoms with Crippen molar-refractivity contribution in [3.8, 4) is 0 Å². The van der Waals surface area contributed by atoms with E-state index < -0.39 is 0 Å². The summed E-state index contributed by atoms with van der Waals surface area (Å²) >= 11 is 3.58. The van der Waals surface area contributed by atoms with E-state index in [-0.39, 0.29) is 0 Å². The summed E-state index contributed by atoms with van der Waals surface area (Å²) < 4.78 is 4.81. The topological polar surface area (TPSA) is 72.1 Å². The van der Waals surface area contributed by atoms with Crippen molar-refractivity contribution in [2.45, 2.75) is 25.3 Å². The first-order valence-corrected chi connectivity index (χ1v) is 10.4. The van der Waals surface area contributed by atoms with Crippen molar-refractivity contribution in [3.63, 3.8) is 0 Å². The molecule has 0 bridgehead atoms. The minimum Gasteiger partial charge on any atom is -0.366 e. The lowest BCUT2D eigenvalue weighted by atomic mass is 9.96. The summed E-state index contributed by atoms with van der Waals surface area (Å²) in [5.74, 6) is 1.39. The van der Waals surface area contributed by atoms with Gasteiger partial charge in [-0.1, -0.05) is 6.07 Å². The molecule has 5 rings (SSSR count). The molecule has 8 heteroatoms. The number of piperidine rings is 1. The lowest BCUT2D eigenvalue weighted by Gasteiger charge is -2.23. The molecule has 2 N–H and O–H groups in total. The fourth-order valence-electron chi connectivity index (χ4n) is 3.88. The second kappa shape index (κ2) is 7.18. The summed E-state index contributed by atoms with van der Waals surface area (Å²) in [4.78, 5) is 9.34. The van der Waals surface area contributed by atoms with Crippen LogP contribution in [0.3, 0.4) is 0 Å². The molecule has 1 aliphatic rings. The number of hydrogen-bond acceptors (Lipinski definition) is 5. The Morgan fingerprint density at radius 3 is 3.11 bits per heavy atom. The largest absolute Gasteiger partial charge is 0.366 e. The first-order chi connectivity index (χ1) is 13.7. The number of rotatable bonds is 4. The van der Waals surface area contributed by atoms with Gasteiger partial charge in [0.05, 0.1) is 33.7 Å². The molecule has 28 heavy (non-hydrogen) atoms. The number of nitrogens with one attached hydrogen (secondary N) is 2. The molecule has 0 spiro atoms. The average Bonchev–Trinajstić information content (AvgIpc) is 3.29. The molecule has 4 heterocycles. The molecule has 0 radical (unpaired) electrons. The second-order valence-corrected chi connectivity index (χ2v) is 8.22. The van der Waals surface area contributed by atoms with Crippen LogP contribution in [0.1, 0.15) is 30.0 Å². The number of imidazole rings is 1. The van der Waals surface area contributed by atoms with E-state index in [1.54, 1.807) is 6.20 Å². The van der Waals surface area contributed by atoms with Crippen molar-refractivity contribution in [2.24, 2.45) is 7.05 Å². The number of aromatic nitrogens is 5. The van der Waals surface area contributed by atoms with Gasteiger partial charge in [0.1, 0.15) is 5.82 Å². The van der Waals surface area contributed by atoms with Crippen molar-refractivity contribution < 1.29 is 0 Å². The van der Waals surface area contributed by atoms with Crippen LogP contribution in [0.4, 0.5) is 5.82 Å². The number of anilines is 1. The van der Waals surface area contributed by atoms with Crippen molar-refractivity contribution >= 4 is 38.4 Å². The van der Waals surface area contributed by atoms with Crippen molar-refractivity contribution in [3.05, 3.63) is 52.5 Å². The summed E-state index contributed by atoms with van der Waals surface area (Å²) in [7, 11) is 2.01. The van der Waals surface area contributed by atoms with Crippen LogP contribution in [0.15, 0.2) is 41.3 Å². The van der Waals surface area contributed by atoms with E-state index >= 15 is 0 Å². The molecule has 0 aliphatic carbocycles. The van der Waals surface area contributed by atoms with Crippen LogP contribution < -0.4 is 10.6 Å². The molecule has 0 amide bonds. The number of fused-ring (bicyclic) bond motifs is 2. The summed E-state index contributed by atoms with van der Waals surface area (Å²) in [6, 6.07) is 8.53. The smallest absolute Gasteiger partial charge is 0.171 e. The molecular weight excluding hydrogens is 418 g/mol. The van der Waals surface area contributed by atoms with Crippen LogP contribution in [0.25, 0.3) is 16.7 Å². The molecule has 1 atom stereocenters. The lowest BCUT2D eigenvalue weighted by molar-refractivity contribution is 0.455. The molecule has 1 aromatic carbocycles. The summed E-state index contributed by atoms with van der Waals surface area (Å²) in [5.41, 5.74) is 5.30. The first-order valence-electron chi connectivity index (χ1n) is 9.58. The van der Waals surface area contributed by atoms with Crippen LogP contribution >= 0.6 is 15.9 Å². The highest BCUT2D eigenvalue weighted by Gasteiger charge is 2.19. The Labute approximate surface area is 171 Å². The summed E-state index contributed by atoms with van der Waals surface area (Å²) in [6.45, 7) is 2.77. The van der Waals surface area contributed by atoms with Gasteiger partial charge in [0.15, 0.2) is 5.65 Å². The van der Waals surface area contributed by atoms with Gasteiger partial charge in [-0.2, -0.15) is 9.61 Å². The molecule has 7 nitrogen and oxygen atoms in total. The van der Waals surface area contributed by atoms with Crippen molar-refractivity contribution in [1.29, 1.82) is 0 Å². The third kappa shape index (κ3) is 3.16. The predicted molar refractivity (Wildman–Crippen MR) is 114 cm³/mol. The number of nitrogens with zero attached hydrogens (tertiary/aromatic N) is 5. The molecule has 1 aliphatic heterocycles. The van der Waals surface area contributed by atoms with E-state index in [0.717, 1.165) is 52.2 Å². The quantitative estimate of drug-likeness (QED) is 0.509. The fourth-order valence-corrected chi connectivity index (χ4v) is 4.23. The van der Waals surface area contributed by atoms with E-state index in [9.17, 15) is 0 Å². The molecule has 1 saturated heterocycles. The van der Waals surface area contributed by atoms with E-state index in [2.05, 4.69) is 60.9 Å². The molecule has 0 saturated carbocycles. The zero-order valence-electron chi connectivity index (χ0n) is 15.7. The Kier molecular flexibility index (Phi) is 4.52. The van der Waals surface area contributed by atoms with Crippen LogP contribution in [0.5, 0.6) is 0 Å². The van der Waals surface area contributed by atoms with Gasteiger partial charge in [0.2, 0.25) is 0 Å². The van der Waals surface area contributed by atoms with Gasteiger partial charge in [-0.05, 0) is 53.0 Å². The number of benzene rings is 1. The van der Waals surface area contributed by atoms with Gasteiger partial charge in [-0.15, -0.1) is 0 Å². The minimum absolute atomic E-state index is 0.436. The maximum Gasteiger partial charge on any atom is 0.171 e. The van der Waals surface area contributed by atoms with E-state index in [1.165, 1.54) is 12.0 Å². The monoisotopic (exact) mass is 439 g/mol. The second-order valence-electron chi connectivity index (χ2n) is 7.37. The van der Waals surface area contributed by atoms with Gasteiger partial charge in [-0.3, -0.25) is 0 Å². The molecule has 1 unspecified atom stereocenters. The third-order valence-electron chi connectivity index (χ3n) is 5.43. The Morgan fingerprint density at radius 2 is 2.25 bits per heavy atom. The molecule has 3 aromatic heterocycles. The standard InChI is InChI=1S/C20H22BrN7/c1-27-12-24-17-7-13(4-5-18(17)27)9-23-19-8-16(14-3-2-6-22-10-14)26-20-15(21)11-25-28(19)20/h4-5,7-8,11-12,14,22-23H,2-3,6,9-10H2,1H3. The SMILES string of the molecule is Cn1cnc2cc(CNc3cc(C4CCCNC4)nc4c(Br)cnn34)ccc21.